The molecule has 0 aromatic heterocycles. The summed E-state index contributed by atoms with van der Waals surface area (Å²) in [5.41, 5.74) is 7.47. The maximum absolute atomic E-state index is 12.2. The van der Waals surface area contributed by atoms with Crippen molar-refractivity contribution in [3.8, 4) is 0 Å². The minimum atomic E-state index is -0.531. The largest absolute Gasteiger partial charge is 0.468 e. The van der Waals surface area contributed by atoms with Crippen molar-refractivity contribution in [1.29, 1.82) is 0 Å². The molecular weight excluding hydrogens is 332 g/mol. The van der Waals surface area contributed by atoms with Crippen LogP contribution in [0.5, 0.6) is 0 Å². The zero-order valence-corrected chi connectivity index (χ0v) is 14.8. The van der Waals surface area contributed by atoms with Crippen molar-refractivity contribution in [2.24, 2.45) is 5.73 Å². The van der Waals surface area contributed by atoms with Crippen molar-refractivity contribution in [3.05, 3.63) is 35.4 Å². The summed E-state index contributed by atoms with van der Waals surface area (Å²) in [7, 11) is 1.34. The van der Waals surface area contributed by atoms with Crippen LogP contribution in [0.4, 0.5) is 0 Å². The number of benzene rings is 1. The van der Waals surface area contributed by atoms with E-state index in [0.717, 1.165) is 17.5 Å². The Kier molecular flexibility index (Phi) is 8.18. The summed E-state index contributed by atoms with van der Waals surface area (Å²) >= 11 is 0. The predicted octanol–water partition coefficient (Wildman–Crippen LogP) is 1.30. The monoisotopic (exact) mass is 356 g/mol. The quantitative estimate of drug-likeness (QED) is 0.750. The molecule has 6 nitrogen and oxygen atoms in total. The summed E-state index contributed by atoms with van der Waals surface area (Å²) in [6.07, 6.45) is 0.896. The molecule has 1 saturated heterocycles. The number of hydrogen-bond acceptors (Lipinski definition) is 5. The summed E-state index contributed by atoms with van der Waals surface area (Å²) in [6.45, 7) is 2.57. The van der Waals surface area contributed by atoms with Crippen molar-refractivity contribution >= 4 is 24.3 Å². The van der Waals surface area contributed by atoms with E-state index in [4.69, 9.17) is 15.2 Å². The van der Waals surface area contributed by atoms with Gasteiger partial charge in [-0.15, -0.1) is 12.4 Å². The van der Waals surface area contributed by atoms with Crippen LogP contribution in [-0.4, -0.2) is 44.3 Å². The van der Waals surface area contributed by atoms with Crippen LogP contribution in [0.2, 0.25) is 0 Å². The minimum Gasteiger partial charge on any atom is -0.468 e. The molecule has 1 amide bonds. The van der Waals surface area contributed by atoms with E-state index in [1.807, 2.05) is 31.2 Å². The molecule has 1 aromatic rings. The zero-order chi connectivity index (χ0) is 16.8. The standard InChI is InChI=1S/C17H24N2O4.ClH/c1-11-3-5-12(6-4-11)14(17(21)22-2)10-19-16(20)15-8-7-13(9-18)23-15;/h3-6,13-15H,7-10,18H2,1-2H3,(H,19,20);1H/t13-,14?,15+;/m1./s1. The molecule has 3 N–H and O–H groups in total. The van der Waals surface area contributed by atoms with Gasteiger partial charge in [-0.3, -0.25) is 9.59 Å². The number of methoxy groups -OCH3 is 1. The summed E-state index contributed by atoms with van der Waals surface area (Å²) in [5, 5.41) is 2.79. The Morgan fingerprint density at radius 3 is 2.54 bits per heavy atom. The van der Waals surface area contributed by atoms with Gasteiger partial charge in [-0.1, -0.05) is 29.8 Å². The van der Waals surface area contributed by atoms with E-state index in [9.17, 15) is 9.59 Å². The SMILES string of the molecule is COC(=O)C(CNC(=O)[C@@H]1CC[C@H](CN)O1)c1ccc(C)cc1.Cl. The summed E-state index contributed by atoms with van der Waals surface area (Å²) in [6, 6.07) is 7.61. The first-order valence-electron chi connectivity index (χ1n) is 7.82. The number of ether oxygens (including phenoxy) is 2. The van der Waals surface area contributed by atoms with E-state index in [1.165, 1.54) is 7.11 Å². The van der Waals surface area contributed by atoms with Crippen LogP contribution in [0.3, 0.4) is 0 Å². The topological polar surface area (TPSA) is 90.7 Å². The molecule has 0 bridgehead atoms. The Bertz CT molecular complexity index is 550. The Balaban J connectivity index is 0.00000288. The molecule has 7 heteroatoms. The second-order valence-electron chi connectivity index (χ2n) is 5.79. The third-order valence-corrected chi connectivity index (χ3v) is 4.11. The number of halogens is 1. The molecule has 1 heterocycles. The van der Waals surface area contributed by atoms with Crippen LogP contribution in [0.25, 0.3) is 0 Å². The van der Waals surface area contributed by atoms with Crippen LogP contribution >= 0.6 is 12.4 Å². The molecule has 0 saturated carbocycles. The summed E-state index contributed by atoms with van der Waals surface area (Å²) in [5.74, 6) is -1.11. The predicted molar refractivity (Wildman–Crippen MR) is 93.1 cm³/mol. The van der Waals surface area contributed by atoms with Gasteiger partial charge in [0.15, 0.2) is 0 Å². The lowest BCUT2D eigenvalue weighted by molar-refractivity contribution is -0.142. The van der Waals surface area contributed by atoms with Gasteiger partial charge in [0, 0.05) is 13.1 Å². The van der Waals surface area contributed by atoms with Crippen molar-refractivity contribution < 1.29 is 19.1 Å². The summed E-state index contributed by atoms with van der Waals surface area (Å²) < 4.78 is 10.4. The molecule has 0 spiro atoms. The highest BCUT2D eigenvalue weighted by Gasteiger charge is 2.31. The molecule has 1 fully saturated rings. The second-order valence-corrected chi connectivity index (χ2v) is 5.79. The zero-order valence-electron chi connectivity index (χ0n) is 14.0. The molecular formula is C17H25ClN2O4. The van der Waals surface area contributed by atoms with E-state index in [2.05, 4.69) is 5.32 Å². The first kappa shape index (κ1) is 20.4. The van der Waals surface area contributed by atoms with E-state index >= 15 is 0 Å². The Morgan fingerprint density at radius 2 is 2.00 bits per heavy atom. The average Bonchev–Trinajstić information content (AvgIpc) is 3.05. The second kappa shape index (κ2) is 9.61. The smallest absolute Gasteiger partial charge is 0.314 e. The number of hydrogen-bond donors (Lipinski definition) is 2. The van der Waals surface area contributed by atoms with Gasteiger partial charge in [0.1, 0.15) is 6.10 Å². The maximum atomic E-state index is 12.2. The van der Waals surface area contributed by atoms with Crippen molar-refractivity contribution in [2.75, 3.05) is 20.2 Å². The molecule has 0 aliphatic carbocycles. The van der Waals surface area contributed by atoms with Crippen LogP contribution < -0.4 is 11.1 Å². The number of esters is 1. The van der Waals surface area contributed by atoms with Gasteiger partial charge in [0.2, 0.25) is 5.91 Å². The fourth-order valence-electron chi connectivity index (χ4n) is 2.67. The number of rotatable bonds is 6. The first-order valence-corrected chi connectivity index (χ1v) is 7.82. The maximum Gasteiger partial charge on any atom is 0.314 e. The van der Waals surface area contributed by atoms with E-state index in [-0.39, 0.29) is 36.9 Å². The Hall–Kier alpha value is -1.63. The number of carbonyl (C=O) groups is 2. The van der Waals surface area contributed by atoms with Crippen LogP contribution in [-0.2, 0) is 19.1 Å². The van der Waals surface area contributed by atoms with E-state index < -0.39 is 12.0 Å². The molecule has 1 aliphatic heterocycles. The van der Waals surface area contributed by atoms with Gasteiger partial charge in [-0.05, 0) is 25.3 Å². The van der Waals surface area contributed by atoms with Crippen molar-refractivity contribution in [1.82, 2.24) is 5.32 Å². The molecule has 1 unspecified atom stereocenters. The van der Waals surface area contributed by atoms with Gasteiger partial charge in [-0.25, -0.2) is 0 Å². The number of carbonyl (C=O) groups excluding carboxylic acids is 2. The lowest BCUT2D eigenvalue weighted by Gasteiger charge is -2.18. The molecule has 2 rings (SSSR count). The van der Waals surface area contributed by atoms with Crippen molar-refractivity contribution in [2.45, 2.75) is 37.9 Å². The highest BCUT2D eigenvalue weighted by molar-refractivity contribution is 5.85. The molecule has 1 aliphatic rings. The van der Waals surface area contributed by atoms with Gasteiger partial charge >= 0.3 is 5.97 Å². The fourth-order valence-corrected chi connectivity index (χ4v) is 2.67. The normalized spacial score (nSPS) is 20.8. The first-order chi connectivity index (χ1) is 11.0. The van der Waals surface area contributed by atoms with Gasteiger partial charge in [-0.2, -0.15) is 0 Å². The lowest BCUT2D eigenvalue weighted by Crippen LogP contribution is -2.39. The average molecular weight is 357 g/mol. The molecule has 3 atom stereocenters. The highest BCUT2D eigenvalue weighted by Crippen LogP contribution is 2.20. The van der Waals surface area contributed by atoms with Crippen molar-refractivity contribution in [3.63, 3.8) is 0 Å². The highest BCUT2D eigenvalue weighted by atomic mass is 35.5. The molecule has 134 valence electrons. The van der Waals surface area contributed by atoms with Crippen LogP contribution in [0.1, 0.15) is 29.9 Å². The third kappa shape index (κ3) is 5.19. The lowest BCUT2D eigenvalue weighted by atomic mass is 9.98. The van der Waals surface area contributed by atoms with Gasteiger partial charge < -0.3 is 20.5 Å². The molecule has 0 radical (unpaired) electrons. The van der Waals surface area contributed by atoms with E-state index in [0.29, 0.717) is 13.0 Å². The third-order valence-electron chi connectivity index (χ3n) is 4.11. The number of nitrogens with one attached hydrogen (secondary N) is 1. The molecule has 24 heavy (non-hydrogen) atoms. The van der Waals surface area contributed by atoms with Crippen LogP contribution in [0.15, 0.2) is 24.3 Å². The Morgan fingerprint density at radius 1 is 1.33 bits per heavy atom. The number of aryl methyl sites for hydroxylation is 1. The van der Waals surface area contributed by atoms with Gasteiger partial charge in [0.25, 0.3) is 0 Å². The van der Waals surface area contributed by atoms with Gasteiger partial charge in [0.05, 0.1) is 19.1 Å². The van der Waals surface area contributed by atoms with Crippen LogP contribution in [0, 0.1) is 6.92 Å². The number of nitrogens with two attached hydrogens (primary N) is 1. The molecule has 1 aromatic carbocycles. The number of amides is 1. The Labute approximate surface area is 148 Å². The fraction of sp³-hybridized carbons (Fsp3) is 0.529. The van der Waals surface area contributed by atoms with E-state index in [1.54, 1.807) is 0 Å². The minimum absolute atomic E-state index is 0. The summed E-state index contributed by atoms with van der Waals surface area (Å²) in [4.78, 5) is 24.2.